The number of ether oxygens (including phenoxy) is 1. The van der Waals surface area contributed by atoms with E-state index in [4.69, 9.17) is 4.74 Å². The molecule has 1 N–H and O–H groups in total. The fourth-order valence-corrected chi connectivity index (χ4v) is 3.48. The molecule has 6 nitrogen and oxygen atoms in total. The van der Waals surface area contributed by atoms with Crippen LogP contribution >= 0.6 is 11.3 Å². The number of carbonyl (C=O) groups is 1. The second kappa shape index (κ2) is 6.32. The van der Waals surface area contributed by atoms with Gasteiger partial charge in [0.1, 0.15) is 16.7 Å². The van der Waals surface area contributed by atoms with Crippen LogP contribution in [0, 0.1) is 17.2 Å². The fraction of sp³-hybridized carbons (Fsp3) is 0.667. The van der Waals surface area contributed by atoms with Crippen LogP contribution < -0.4 is 5.32 Å². The summed E-state index contributed by atoms with van der Waals surface area (Å²) >= 11 is 1.57. The smallest absolute Gasteiger partial charge is 0.235 e. The van der Waals surface area contributed by atoms with Gasteiger partial charge in [-0.05, 0) is 25.7 Å². The molecule has 2 fully saturated rings. The normalized spacial score (nSPS) is 25.2. The summed E-state index contributed by atoms with van der Waals surface area (Å²) in [6, 6.07) is 2.26. The van der Waals surface area contributed by atoms with E-state index in [9.17, 15) is 10.1 Å². The lowest BCUT2D eigenvalue weighted by molar-refractivity contribution is -0.125. The van der Waals surface area contributed by atoms with Crippen LogP contribution in [-0.2, 0) is 9.53 Å². The van der Waals surface area contributed by atoms with Gasteiger partial charge >= 0.3 is 0 Å². The molecule has 0 bridgehead atoms. The Morgan fingerprint density at radius 1 is 1.68 bits per heavy atom. The van der Waals surface area contributed by atoms with E-state index in [1.54, 1.807) is 17.5 Å². The van der Waals surface area contributed by atoms with Crippen LogP contribution in [0.2, 0.25) is 0 Å². The SMILES string of the molecule is C[C@](C#N)(NC(=O)CN1CCO[C@H](c2nccs2)C1)C1CC1. The minimum absolute atomic E-state index is 0.0627. The molecular formula is C15H20N4O2S. The summed E-state index contributed by atoms with van der Waals surface area (Å²) in [5, 5.41) is 15.1. The maximum absolute atomic E-state index is 12.3. The van der Waals surface area contributed by atoms with Crippen molar-refractivity contribution in [3.63, 3.8) is 0 Å². The zero-order valence-corrected chi connectivity index (χ0v) is 13.4. The molecule has 7 heteroatoms. The van der Waals surface area contributed by atoms with Crippen molar-refractivity contribution in [1.29, 1.82) is 5.26 Å². The van der Waals surface area contributed by atoms with E-state index < -0.39 is 5.54 Å². The molecule has 0 spiro atoms. The van der Waals surface area contributed by atoms with E-state index in [1.807, 2.05) is 12.3 Å². The summed E-state index contributed by atoms with van der Waals surface area (Å²) in [4.78, 5) is 18.6. The van der Waals surface area contributed by atoms with Gasteiger partial charge in [0.05, 0.1) is 19.2 Å². The average Bonchev–Trinajstić information content (AvgIpc) is 3.23. The quantitative estimate of drug-likeness (QED) is 0.885. The highest BCUT2D eigenvalue weighted by Crippen LogP contribution is 2.39. The van der Waals surface area contributed by atoms with Gasteiger partial charge in [-0.3, -0.25) is 9.69 Å². The summed E-state index contributed by atoms with van der Waals surface area (Å²) < 4.78 is 5.73. The van der Waals surface area contributed by atoms with Crippen molar-refractivity contribution in [3.8, 4) is 6.07 Å². The molecule has 2 atom stereocenters. The van der Waals surface area contributed by atoms with Crippen molar-refractivity contribution in [3.05, 3.63) is 16.6 Å². The van der Waals surface area contributed by atoms with Crippen molar-refractivity contribution in [2.75, 3.05) is 26.2 Å². The van der Waals surface area contributed by atoms with Crippen LogP contribution in [0.4, 0.5) is 0 Å². The van der Waals surface area contributed by atoms with Crippen molar-refractivity contribution in [2.45, 2.75) is 31.4 Å². The Morgan fingerprint density at radius 3 is 3.14 bits per heavy atom. The largest absolute Gasteiger partial charge is 0.368 e. The van der Waals surface area contributed by atoms with Gasteiger partial charge in [-0.2, -0.15) is 5.26 Å². The molecule has 1 aromatic rings. The number of nitrogens with one attached hydrogen (secondary N) is 1. The second-order valence-electron chi connectivity index (χ2n) is 6.10. The third kappa shape index (κ3) is 3.46. The number of nitrogens with zero attached hydrogens (tertiary/aromatic N) is 3. The number of carbonyl (C=O) groups excluding carboxylic acids is 1. The molecule has 1 aromatic heterocycles. The number of rotatable bonds is 5. The fourth-order valence-electron chi connectivity index (χ4n) is 2.80. The summed E-state index contributed by atoms with van der Waals surface area (Å²) in [5.74, 6) is 0.213. The van der Waals surface area contributed by atoms with Gasteiger partial charge in [-0.25, -0.2) is 4.98 Å². The lowest BCUT2D eigenvalue weighted by atomic mass is 9.98. The number of hydrogen-bond donors (Lipinski definition) is 1. The summed E-state index contributed by atoms with van der Waals surface area (Å²) in [5.41, 5.74) is -0.724. The standard InChI is InChI=1S/C15H20N4O2S/c1-15(10-16,11-2-3-11)18-13(20)9-19-5-6-21-12(8-19)14-17-4-7-22-14/h4,7,11-12H,2-3,5-6,8-9H2,1H3,(H,18,20)/t12-,15+/m0/s1. The average molecular weight is 320 g/mol. The molecule has 0 radical (unpaired) electrons. The van der Waals surface area contributed by atoms with Gasteiger partial charge in [0.15, 0.2) is 0 Å². The topological polar surface area (TPSA) is 78.2 Å². The molecule has 2 heterocycles. The highest BCUT2D eigenvalue weighted by atomic mass is 32.1. The Hall–Kier alpha value is -1.49. The molecule has 3 rings (SSSR count). The van der Waals surface area contributed by atoms with Crippen LogP contribution in [0.15, 0.2) is 11.6 Å². The van der Waals surface area contributed by atoms with Crippen molar-refractivity contribution < 1.29 is 9.53 Å². The first-order chi connectivity index (χ1) is 10.6. The van der Waals surface area contributed by atoms with Crippen LogP contribution in [0.3, 0.4) is 0 Å². The molecule has 1 saturated heterocycles. The Kier molecular flexibility index (Phi) is 4.43. The van der Waals surface area contributed by atoms with Gasteiger partial charge in [-0.1, -0.05) is 0 Å². The molecule has 0 unspecified atom stereocenters. The van der Waals surface area contributed by atoms with E-state index in [1.165, 1.54) is 0 Å². The number of hydrogen-bond acceptors (Lipinski definition) is 6. The van der Waals surface area contributed by atoms with Crippen LogP contribution in [-0.4, -0.2) is 47.6 Å². The first kappa shape index (κ1) is 15.4. The third-order valence-electron chi connectivity index (χ3n) is 4.27. The van der Waals surface area contributed by atoms with Crippen molar-refractivity contribution >= 4 is 17.2 Å². The Balaban J connectivity index is 1.54. The second-order valence-corrected chi connectivity index (χ2v) is 7.03. The van der Waals surface area contributed by atoms with E-state index >= 15 is 0 Å². The first-order valence-corrected chi connectivity index (χ1v) is 8.44. The summed E-state index contributed by atoms with van der Waals surface area (Å²) in [7, 11) is 0. The van der Waals surface area contributed by atoms with E-state index in [0.717, 1.165) is 24.4 Å². The van der Waals surface area contributed by atoms with Gasteiger partial charge in [0.2, 0.25) is 5.91 Å². The molecule has 1 amide bonds. The zero-order chi connectivity index (χ0) is 15.6. The van der Waals surface area contributed by atoms with Gasteiger partial charge in [0.25, 0.3) is 0 Å². The molecular weight excluding hydrogens is 300 g/mol. The highest BCUT2D eigenvalue weighted by molar-refractivity contribution is 7.09. The molecule has 0 aromatic carbocycles. The lowest BCUT2D eigenvalue weighted by Crippen LogP contribution is -2.51. The van der Waals surface area contributed by atoms with Crippen molar-refractivity contribution in [1.82, 2.24) is 15.2 Å². The molecule has 1 saturated carbocycles. The minimum Gasteiger partial charge on any atom is -0.368 e. The number of nitriles is 1. The van der Waals surface area contributed by atoms with Crippen molar-refractivity contribution in [2.24, 2.45) is 5.92 Å². The third-order valence-corrected chi connectivity index (χ3v) is 5.14. The number of amides is 1. The van der Waals surface area contributed by atoms with E-state index in [0.29, 0.717) is 25.6 Å². The van der Waals surface area contributed by atoms with E-state index in [2.05, 4.69) is 21.3 Å². The Morgan fingerprint density at radius 2 is 2.50 bits per heavy atom. The minimum atomic E-state index is -0.724. The highest BCUT2D eigenvalue weighted by Gasteiger charge is 2.43. The summed E-state index contributed by atoms with van der Waals surface area (Å²) in [6.07, 6.45) is 3.75. The van der Waals surface area contributed by atoms with E-state index in [-0.39, 0.29) is 12.0 Å². The maximum atomic E-state index is 12.3. The predicted molar refractivity (Wildman–Crippen MR) is 82.1 cm³/mol. The molecule has 22 heavy (non-hydrogen) atoms. The van der Waals surface area contributed by atoms with Crippen LogP contribution in [0.1, 0.15) is 30.9 Å². The monoisotopic (exact) mass is 320 g/mol. The number of morpholine rings is 1. The first-order valence-electron chi connectivity index (χ1n) is 7.56. The number of aromatic nitrogens is 1. The molecule has 118 valence electrons. The van der Waals surface area contributed by atoms with Crippen LogP contribution in [0.5, 0.6) is 0 Å². The Bertz CT molecular complexity index is 567. The summed E-state index contributed by atoms with van der Waals surface area (Å²) in [6.45, 7) is 4.10. The predicted octanol–water partition coefficient (Wildman–Crippen LogP) is 1.32. The van der Waals surface area contributed by atoms with Gasteiger partial charge in [-0.15, -0.1) is 11.3 Å². The molecule has 1 aliphatic carbocycles. The molecule has 2 aliphatic rings. The van der Waals surface area contributed by atoms with Crippen LogP contribution in [0.25, 0.3) is 0 Å². The zero-order valence-electron chi connectivity index (χ0n) is 12.6. The van der Waals surface area contributed by atoms with Gasteiger partial charge in [0, 0.05) is 24.7 Å². The lowest BCUT2D eigenvalue weighted by Gasteiger charge is -2.32. The maximum Gasteiger partial charge on any atom is 0.235 e. The molecule has 1 aliphatic heterocycles. The van der Waals surface area contributed by atoms with Gasteiger partial charge < -0.3 is 10.1 Å². The Labute approximate surface area is 134 Å². The number of thiazole rings is 1.